The third kappa shape index (κ3) is 3.99. The number of aryl methyl sites for hydroxylation is 2. The molecule has 3 rings (SSSR count). The van der Waals surface area contributed by atoms with Crippen LogP contribution in [-0.2, 0) is 16.6 Å². The summed E-state index contributed by atoms with van der Waals surface area (Å²) in [7, 11) is -3.67. The van der Waals surface area contributed by atoms with Crippen LogP contribution in [0.1, 0.15) is 22.5 Å². The molecule has 0 amide bonds. The van der Waals surface area contributed by atoms with Gasteiger partial charge in [-0.2, -0.15) is 5.10 Å². The zero-order valence-corrected chi connectivity index (χ0v) is 17.2. The second-order valence-corrected chi connectivity index (χ2v) is 8.85. The van der Waals surface area contributed by atoms with E-state index >= 15 is 0 Å². The first kappa shape index (κ1) is 18.7. The molecule has 136 valence electrons. The molecule has 1 aromatic heterocycles. The minimum absolute atomic E-state index is 0.214. The molecule has 0 unspecified atom stereocenters. The molecule has 0 aliphatic carbocycles. The summed E-state index contributed by atoms with van der Waals surface area (Å²) in [4.78, 5) is 0.214. The molecule has 0 aliphatic heterocycles. The number of aromatic nitrogens is 2. The number of hydrogen-bond donors (Lipinski definition) is 1. The number of rotatable bonds is 5. The summed E-state index contributed by atoms with van der Waals surface area (Å²) in [6.45, 7) is 6.31. The highest BCUT2D eigenvalue weighted by Crippen LogP contribution is 2.25. The predicted octanol–water partition coefficient (Wildman–Crippen LogP) is 4.42. The maximum atomic E-state index is 12.7. The number of nitrogens with one attached hydrogen (secondary N) is 1. The summed E-state index contributed by atoms with van der Waals surface area (Å²) in [5.41, 5.74) is 4.26. The molecule has 0 aliphatic rings. The molecule has 3 aromatic rings. The average molecular weight is 434 g/mol. The van der Waals surface area contributed by atoms with Crippen molar-refractivity contribution in [3.05, 3.63) is 75.5 Å². The number of nitrogens with zero attached hydrogens (tertiary/aromatic N) is 2. The molecule has 0 saturated heterocycles. The van der Waals surface area contributed by atoms with Gasteiger partial charge >= 0.3 is 0 Å². The quantitative estimate of drug-likeness (QED) is 0.647. The highest BCUT2D eigenvalue weighted by Gasteiger charge is 2.20. The Labute approximate surface area is 162 Å². The van der Waals surface area contributed by atoms with Gasteiger partial charge in [0.05, 0.1) is 28.5 Å². The van der Waals surface area contributed by atoms with Gasteiger partial charge in [0.2, 0.25) is 0 Å². The van der Waals surface area contributed by atoms with Crippen LogP contribution in [0.15, 0.2) is 57.9 Å². The van der Waals surface area contributed by atoms with Crippen LogP contribution in [0.25, 0.3) is 0 Å². The number of sulfonamides is 1. The molecule has 0 saturated carbocycles. The maximum absolute atomic E-state index is 12.7. The van der Waals surface area contributed by atoms with Crippen molar-refractivity contribution in [3.8, 4) is 0 Å². The van der Waals surface area contributed by atoms with Gasteiger partial charge in [-0.1, -0.05) is 45.8 Å². The minimum atomic E-state index is -3.67. The van der Waals surface area contributed by atoms with Crippen LogP contribution in [0, 0.1) is 20.8 Å². The van der Waals surface area contributed by atoms with E-state index in [1.54, 1.807) is 31.2 Å². The first-order valence-corrected chi connectivity index (χ1v) is 10.4. The number of anilines is 1. The van der Waals surface area contributed by atoms with E-state index in [9.17, 15) is 8.42 Å². The van der Waals surface area contributed by atoms with Gasteiger partial charge in [-0.05, 0) is 50.6 Å². The van der Waals surface area contributed by atoms with Gasteiger partial charge < -0.3 is 0 Å². The van der Waals surface area contributed by atoms with Crippen molar-refractivity contribution in [2.75, 3.05) is 4.72 Å². The molecule has 1 heterocycles. The lowest BCUT2D eigenvalue weighted by Crippen LogP contribution is -2.14. The Morgan fingerprint density at radius 3 is 2.42 bits per heavy atom. The van der Waals surface area contributed by atoms with Gasteiger partial charge in [-0.3, -0.25) is 9.40 Å². The van der Waals surface area contributed by atoms with Gasteiger partial charge in [0.15, 0.2) is 0 Å². The van der Waals surface area contributed by atoms with Crippen molar-refractivity contribution in [2.45, 2.75) is 32.2 Å². The second-order valence-electron chi connectivity index (χ2n) is 6.25. The first-order valence-electron chi connectivity index (χ1n) is 8.14. The fraction of sp³-hybridized carbons (Fsp3) is 0.211. The van der Waals surface area contributed by atoms with E-state index < -0.39 is 10.0 Å². The van der Waals surface area contributed by atoms with E-state index in [0.29, 0.717) is 17.9 Å². The molecule has 7 heteroatoms. The van der Waals surface area contributed by atoms with E-state index in [-0.39, 0.29) is 4.90 Å². The van der Waals surface area contributed by atoms with E-state index in [1.165, 1.54) is 5.56 Å². The van der Waals surface area contributed by atoms with Gasteiger partial charge in [0, 0.05) is 4.47 Å². The highest BCUT2D eigenvalue weighted by atomic mass is 79.9. The van der Waals surface area contributed by atoms with Crippen LogP contribution >= 0.6 is 15.9 Å². The Morgan fingerprint density at radius 1 is 1.08 bits per heavy atom. The molecular formula is C19H20BrN3O2S. The van der Waals surface area contributed by atoms with Crippen LogP contribution in [0.3, 0.4) is 0 Å². The number of hydrogen-bond acceptors (Lipinski definition) is 3. The van der Waals surface area contributed by atoms with E-state index in [0.717, 1.165) is 15.7 Å². The summed E-state index contributed by atoms with van der Waals surface area (Å²) in [5.74, 6) is 0. The lowest BCUT2D eigenvalue weighted by molar-refractivity contribution is 0.601. The molecule has 0 bridgehead atoms. The Morgan fingerprint density at radius 2 is 1.77 bits per heavy atom. The van der Waals surface area contributed by atoms with Crippen molar-refractivity contribution in [1.29, 1.82) is 0 Å². The Hall–Kier alpha value is -2.12. The van der Waals surface area contributed by atoms with Gasteiger partial charge in [-0.15, -0.1) is 0 Å². The van der Waals surface area contributed by atoms with Crippen LogP contribution in [0.5, 0.6) is 0 Å². The predicted molar refractivity (Wildman–Crippen MR) is 107 cm³/mol. The minimum Gasteiger partial charge on any atom is -0.276 e. The third-order valence-electron chi connectivity index (χ3n) is 4.16. The zero-order valence-electron chi connectivity index (χ0n) is 14.8. The highest BCUT2D eigenvalue weighted by molar-refractivity contribution is 9.10. The average Bonchev–Trinajstić information content (AvgIpc) is 2.82. The number of halogens is 1. The largest absolute Gasteiger partial charge is 0.276 e. The van der Waals surface area contributed by atoms with Crippen LogP contribution in [-0.4, -0.2) is 18.2 Å². The Bertz CT molecular complexity index is 1040. The van der Waals surface area contributed by atoms with Gasteiger partial charge in [0.1, 0.15) is 0 Å². The second kappa shape index (κ2) is 7.25. The number of benzene rings is 2. The van der Waals surface area contributed by atoms with E-state index in [4.69, 9.17) is 0 Å². The molecule has 5 nitrogen and oxygen atoms in total. The molecule has 0 radical (unpaired) electrons. The normalized spacial score (nSPS) is 11.5. The summed E-state index contributed by atoms with van der Waals surface area (Å²) in [5, 5.41) is 4.51. The van der Waals surface area contributed by atoms with Crippen molar-refractivity contribution < 1.29 is 8.42 Å². The van der Waals surface area contributed by atoms with Gasteiger partial charge in [0.25, 0.3) is 10.0 Å². The SMILES string of the molecule is Cc1cccc(Cn2nc(C)c(NS(=O)(=O)c3ccc(Br)cc3)c2C)c1. The fourth-order valence-corrected chi connectivity index (χ4v) is 4.23. The smallest absolute Gasteiger partial charge is 0.262 e. The molecule has 1 N–H and O–H groups in total. The summed E-state index contributed by atoms with van der Waals surface area (Å²) < 4.78 is 30.7. The molecule has 0 spiro atoms. The summed E-state index contributed by atoms with van der Waals surface area (Å²) in [6.07, 6.45) is 0. The molecular weight excluding hydrogens is 414 g/mol. The first-order chi connectivity index (χ1) is 12.3. The van der Waals surface area contributed by atoms with Crippen molar-refractivity contribution >= 4 is 31.6 Å². The lowest BCUT2D eigenvalue weighted by Gasteiger charge is -2.09. The van der Waals surface area contributed by atoms with Crippen molar-refractivity contribution in [2.24, 2.45) is 0 Å². The van der Waals surface area contributed by atoms with E-state index in [2.05, 4.69) is 31.8 Å². The Kier molecular flexibility index (Phi) is 5.20. The molecule has 2 aromatic carbocycles. The monoisotopic (exact) mass is 433 g/mol. The van der Waals surface area contributed by atoms with Gasteiger partial charge in [-0.25, -0.2) is 8.42 Å². The lowest BCUT2D eigenvalue weighted by atomic mass is 10.1. The zero-order chi connectivity index (χ0) is 18.9. The van der Waals surface area contributed by atoms with Crippen molar-refractivity contribution in [1.82, 2.24) is 9.78 Å². The third-order valence-corrected chi connectivity index (χ3v) is 6.05. The fourth-order valence-electron chi connectivity index (χ4n) is 2.79. The van der Waals surface area contributed by atoms with Crippen LogP contribution < -0.4 is 4.72 Å². The molecule has 0 fully saturated rings. The topological polar surface area (TPSA) is 64.0 Å². The van der Waals surface area contributed by atoms with Crippen molar-refractivity contribution in [3.63, 3.8) is 0 Å². The standard InChI is InChI=1S/C19H20BrN3O2S/c1-13-5-4-6-16(11-13)12-23-15(3)19(14(2)21-23)22-26(24,25)18-9-7-17(20)8-10-18/h4-11,22H,12H2,1-3H3. The Balaban J connectivity index is 1.89. The molecule has 0 atom stereocenters. The summed E-state index contributed by atoms with van der Waals surface area (Å²) >= 11 is 3.31. The molecule has 26 heavy (non-hydrogen) atoms. The van der Waals surface area contributed by atoms with Crippen LogP contribution in [0.4, 0.5) is 5.69 Å². The van der Waals surface area contributed by atoms with Crippen LogP contribution in [0.2, 0.25) is 0 Å². The summed E-state index contributed by atoms with van der Waals surface area (Å²) in [6, 6.07) is 14.7. The maximum Gasteiger partial charge on any atom is 0.262 e. The van der Waals surface area contributed by atoms with E-state index in [1.807, 2.05) is 36.7 Å².